The molecule has 0 aromatic heterocycles. The molecule has 0 amide bonds. The predicted octanol–water partition coefficient (Wildman–Crippen LogP) is 0.249. The molecule has 1 unspecified atom stereocenters. The average Bonchev–Trinajstić information content (AvgIpc) is 2.58. The van der Waals surface area contributed by atoms with Crippen LogP contribution in [-0.2, 0) is 9.84 Å². The second kappa shape index (κ2) is 4.63. The van der Waals surface area contributed by atoms with Crippen molar-refractivity contribution in [3.05, 3.63) is 0 Å². The molecule has 2 fully saturated rings. The van der Waals surface area contributed by atoms with Gasteiger partial charge < -0.3 is 5.32 Å². The fourth-order valence-electron chi connectivity index (χ4n) is 3.05. The van der Waals surface area contributed by atoms with E-state index in [9.17, 15) is 8.42 Å². The highest BCUT2D eigenvalue weighted by atomic mass is 32.2. The lowest BCUT2D eigenvalue weighted by Crippen LogP contribution is -2.55. The van der Waals surface area contributed by atoms with E-state index in [1.807, 2.05) is 0 Å². The van der Waals surface area contributed by atoms with Crippen LogP contribution >= 0.6 is 0 Å². The molecule has 2 rings (SSSR count). The van der Waals surface area contributed by atoms with Gasteiger partial charge in [-0.05, 0) is 38.8 Å². The zero-order valence-electron chi connectivity index (χ0n) is 10.0. The normalized spacial score (nSPS) is 32.3. The molecule has 94 valence electrons. The monoisotopic (exact) mass is 246 g/mol. The van der Waals surface area contributed by atoms with Crippen LogP contribution in [0.4, 0.5) is 0 Å². The van der Waals surface area contributed by atoms with Crippen LogP contribution in [0.25, 0.3) is 0 Å². The topological polar surface area (TPSA) is 49.4 Å². The Labute approximate surface area is 98.3 Å². The molecule has 0 saturated carbocycles. The average molecular weight is 246 g/mol. The third-order valence-corrected chi connectivity index (χ3v) is 4.85. The molecule has 0 aromatic rings. The van der Waals surface area contributed by atoms with Crippen molar-refractivity contribution in [2.45, 2.75) is 31.2 Å². The van der Waals surface area contributed by atoms with E-state index in [-0.39, 0.29) is 5.54 Å². The first-order valence-electron chi connectivity index (χ1n) is 6.15. The van der Waals surface area contributed by atoms with Gasteiger partial charge in [0, 0.05) is 24.9 Å². The number of nitrogens with zero attached hydrogens (tertiary/aromatic N) is 1. The Morgan fingerprint density at radius 2 is 2.06 bits per heavy atom. The van der Waals surface area contributed by atoms with Crippen molar-refractivity contribution in [2.75, 3.05) is 38.2 Å². The number of hydrogen-bond donors (Lipinski definition) is 1. The summed E-state index contributed by atoms with van der Waals surface area (Å²) in [4.78, 5) is 2.40. The Kier molecular flexibility index (Phi) is 3.56. The van der Waals surface area contributed by atoms with E-state index >= 15 is 0 Å². The number of sulfone groups is 1. The smallest absolute Gasteiger partial charge is 0.148 e. The summed E-state index contributed by atoms with van der Waals surface area (Å²) in [6.45, 7) is 3.93. The Hall–Kier alpha value is -0.130. The van der Waals surface area contributed by atoms with Gasteiger partial charge in [-0.25, -0.2) is 8.42 Å². The molecule has 2 heterocycles. The molecular formula is C11H22N2O2S. The van der Waals surface area contributed by atoms with Gasteiger partial charge in [-0.1, -0.05) is 0 Å². The molecule has 2 saturated heterocycles. The van der Waals surface area contributed by atoms with Crippen LogP contribution in [0.1, 0.15) is 25.7 Å². The van der Waals surface area contributed by atoms with Crippen molar-refractivity contribution in [2.24, 2.45) is 0 Å². The van der Waals surface area contributed by atoms with Crippen LogP contribution in [-0.4, -0.2) is 57.0 Å². The Morgan fingerprint density at radius 3 is 2.69 bits per heavy atom. The molecule has 5 heteroatoms. The molecule has 0 aliphatic carbocycles. The van der Waals surface area contributed by atoms with Crippen molar-refractivity contribution in [1.29, 1.82) is 0 Å². The fraction of sp³-hybridized carbons (Fsp3) is 1.00. The second-order valence-electron chi connectivity index (χ2n) is 5.23. The lowest BCUT2D eigenvalue weighted by Gasteiger charge is -2.42. The van der Waals surface area contributed by atoms with Crippen LogP contribution in [0.15, 0.2) is 0 Å². The van der Waals surface area contributed by atoms with E-state index in [0.29, 0.717) is 12.3 Å². The molecule has 0 bridgehead atoms. The molecule has 0 aromatic carbocycles. The Morgan fingerprint density at radius 1 is 1.31 bits per heavy atom. The van der Waals surface area contributed by atoms with Gasteiger partial charge >= 0.3 is 0 Å². The number of rotatable bonds is 3. The van der Waals surface area contributed by atoms with Crippen LogP contribution in [0, 0.1) is 0 Å². The number of piperidine rings is 1. The highest BCUT2D eigenvalue weighted by molar-refractivity contribution is 7.90. The Balaban J connectivity index is 1.97. The maximum atomic E-state index is 11.2. The first-order chi connectivity index (χ1) is 7.52. The summed E-state index contributed by atoms with van der Waals surface area (Å²) < 4.78 is 22.4. The van der Waals surface area contributed by atoms with E-state index in [1.54, 1.807) is 0 Å². The molecule has 16 heavy (non-hydrogen) atoms. The van der Waals surface area contributed by atoms with Crippen LogP contribution < -0.4 is 5.32 Å². The third kappa shape index (κ3) is 2.76. The molecule has 0 radical (unpaired) electrons. The summed E-state index contributed by atoms with van der Waals surface area (Å²) in [6.07, 6.45) is 6.21. The van der Waals surface area contributed by atoms with E-state index in [4.69, 9.17) is 0 Å². The predicted molar refractivity (Wildman–Crippen MR) is 65.4 cm³/mol. The summed E-state index contributed by atoms with van der Waals surface area (Å²) in [5, 5.41) is 3.45. The summed E-state index contributed by atoms with van der Waals surface area (Å²) in [5.41, 5.74) is 0.267. The molecule has 1 atom stereocenters. The van der Waals surface area contributed by atoms with Gasteiger partial charge in [0.25, 0.3) is 0 Å². The minimum absolute atomic E-state index is 0.267. The number of likely N-dealkylation sites (tertiary alicyclic amines) is 1. The SMILES string of the molecule is CS(=O)(=O)CCN1CCCC12CCCNC2. The highest BCUT2D eigenvalue weighted by Gasteiger charge is 2.41. The van der Waals surface area contributed by atoms with Gasteiger partial charge in [-0.2, -0.15) is 0 Å². The van der Waals surface area contributed by atoms with Crippen LogP contribution in [0.3, 0.4) is 0 Å². The van der Waals surface area contributed by atoms with Crippen molar-refractivity contribution >= 4 is 9.84 Å². The van der Waals surface area contributed by atoms with Gasteiger partial charge in [0.1, 0.15) is 9.84 Å². The van der Waals surface area contributed by atoms with E-state index in [1.165, 1.54) is 31.9 Å². The van der Waals surface area contributed by atoms with Crippen molar-refractivity contribution in [1.82, 2.24) is 10.2 Å². The van der Waals surface area contributed by atoms with Crippen molar-refractivity contribution < 1.29 is 8.42 Å². The molecule has 2 aliphatic heterocycles. The van der Waals surface area contributed by atoms with E-state index in [0.717, 1.165) is 19.6 Å². The van der Waals surface area contributed by atoms with E-state index in [2.05, 4.69) is 10.2 Å². The maximum Gasteiger partial charge on any atom is 0.148 e. The lowest BCUT2D eigenvalue weighted by molar-refractivity contribution is 0.112. The summed E-state index contributed by atoms with van der Waals surface area (Å²) in [5.74, 6) is 0.300. The molecular weight excluding hydrogens is 224 g/mol. The summed E-state index contributed by atoms with van der Waals surface area (Å²) in [6, 6.07) is 0. The summed E-state index contributed by atoms with van der Waals surface area (Å²) >= 11 is 0. The number of nitrogens with one attached hydrogen (secondary N) is 1. The van der Waals surface area contributed by atoms with Gasteiger partial charge in [-0.3, -0.25) is 4.90 Å². The standard InChI is InChI=1S/C11H22N2O2S/c1-16(14,15)9-8-13-7-3-5-11(13)4-2-6-12-10-11/h12H,2-10H2,1H3. The molecule has 2 aliphatic rings. The molecule has 1 spiro atoms. The zero-order valence-corrected chi connectivity index (χ0v) is 10.9. The minimum Gasteiger partial charge on any atom is -0.315 e. The van der Waals surface area contributed by atoms with E-state index < -0.39 is 9.84 Å². The van der Waals surface area contributed by atoms with Crippen LogP contribution in [0.5, 0.6) is 0 Å². The maximum absolute atomic E-state index is 11.2. The number of hydrogen-bond acceptors (Lipinski definition) is 4. The van der Waals surface area contributed by atoms with Gasteiger partial charge in [0.15, 0.2) is 0 Å². The largest absolute Gasteiger partial charge is 0.315 e. The molecule has 1 N–H and O–H groups in total. The first-order valence-corrected chi connectivity index (χ1v) is 8.21. The quantitative estimate of drug-likeness (QED) is 0.775. The lowest BCUT2D eigenvalue weighted by atomic mass is 9.87. The third-order valence-electron chi connectivity index (χ3n) is 3.92. The van der Waals surface area contributed by atoms with Crippen molar-refractivity contribution in [3.8, 4) is 0 Å². The minimum atomic E-state index is -2.83. The summed E-state index contributed by atoms with van der Waals surface area (Å²) in [7, 11) is -2.83. The molecule has 4 nitrogen and oxygen atoms in total. The fourth-order valence-corrected chi connectivity index (χ4v) is 3.61. The van der Waals surface area contributed by atoms with Gasteiger partial charge in [-0.15, -0.1) is 0 Å². The zero-order chi connectivity index (χ0) is 11.6. The van der Waals surface area contributed by atoms with Crippen molar-refractivity contribution in [3.63, 3.8) is 0 Å². The van der Waals surface area contributed by atoms with Gasteiger partial charge in [0.2, 0.25) is 0 Å². The highest BCUT2D eigenvalue weighted by Crippen LogP contribution is 2.34. The first kappa shape index (κ1) is 12.3. The van der Waals surface area contributed by atoms with Gasteiger partial charge in [0.05, 0.1) is 5.75 Å². The Bertz CT molecular complexity index is 334. The van der Waals surface area contributed by atoms with Crippen LogP contribution in [0.2, 0.25) is 0 Å². The second-order valence-corrected chi connectivity index (χ2v) is 7.48.